The molecule has 4 nitrogen and oxygen atoms in total. The molecule has 1 heterocycles. The smallest absolute Gasteiger partial charge is 0.348 e. The summed E-state index contributed by atoms with van der Waals surface area (Å²) in [7, 11) is 0. The van der Waals surface area contributed by atoms with E-state index in [9.17, 15) is 23.5 Å². The first kappa shape index (κ1) is 16.8. The highest BCUT2D eigenvalue weighted by molar-refractivity contribution is 7.18. The Labute approximate surface area is 145 Å². The van der Waals surface area contributed by atoms with Gasteiger partial charge in [0, 0.05) is 4.88 Å². The van der Waals surface area contributed by atoms with Crippen molar-refractivity contribution in [1.82, 2.24) is 0 Å². The van der Waals surface area contributed by atoms with E-state index in [4.69, 9.17) is 0 Å². The van der Waals surface area contributed by atoms with Crippen LogP contribution < -0.4 is 5.32 Å². The summed E-state index contributed by atoms with van der Waals surface area (Å²) >= 11 is 0.965. The highest BCUT2D eigenvalue weighted by Crippen LogP contribution is 2.35. The van der Waals surface area contributed by atoms with Gasteiger partial charge in [0.15, 0.2) is 0 Å². The molecule has 7 heteroatoms. The van der Waals surface area contributed by atoms with Crippen LogP contribution in [-0.2, 0) is 0 Å². The lowest BCUT2D eigenvalue weighted by molar-refractivity contribution is 0.0703. The van der Waals surface area contributed by atoms with Crippen molar-refractivity contribution in [2.24, 2.45) is 0 Å². The van der Waals surface area contributed by atoms with Crippen molar-refractivity contribution in [1.29, 1.82) is 0 Å². The molecule has 2 N–H and O–H groups in total. The lowest BCUT2D eigenvalue weighted by Gasteiger charge is -2.06. The van der Waals surface area contributed by atoms with Crippen molar-refractivity contribution in [3.63, 3.8) is 0 Å². The summed E-state index contributed by atoms with van der Waals surface area (Å²) in [5.41, 5.74) is 0.00266. The number of carbonyl (C=O) groups excluding carboxylic acids is 1. The number of anilines is 1. The summed E-state index contributed by atoms with van der Waals surface area (Å²) in [5.74, 6) is -4.33. The summed E-state index contributed by atoms with van der Waals surface area (Å²) in [6.07, 6.45) is 0. The van der Waals surface area contributed by atoms with Gasteiger partial charge in [-0.1, -0.05) is 36.4 Å². The first-order chi connectivity index (χ1) is 12.0. The second kappa shape index (κ2) is 6.82. The average molecular weight is 359 g/mol. The highest BCUT2D eigenvalue weighted by Gasteiger charge is 2.22. The summed E-state index contributed by atoms with van der Waals surface area (Å²) < 4.78 is 27.4. The van der Waals surface area contributed by atoms with E-state index < -0.39 is 29.1 Å². The molecule has 0 spiro atoms. The van der Waals surface area contributed by atoms with Crippen LogP contribution in [-0.4, -0.2) is 17.0 Å². The lowest BCUT2D eigenvalue weighted by Crippen LogP contribution is -2.16. The molecule has 1 amide bonds. The number of carboxylic acid groups (broad SMARTS) is 1. The minimum atomic E-state index is -1.24. The molecule has 0 unspecified atom stereocenters. The fourth-order valence-corrected chi connectivity index (χ4v) is 3.24. The minimum absolute atomic E-state index is 0.0102. The number of carboxylic acids is 1. The number of thiophene rings is 1. The average Bonchev–Trinajstić information content (AvgIpc) is 2.99. The van der Waals surface area contributed by atoms with Crippen LogP contribution in [0.1, 0.15) is 20.0 Å². The maximum absolute atomic E-state index is 13.7. The zero-order chi connectivity index (χ0) is 18.0. The summed E-state index contributed by atoms with van der Waals surface area (Å²) in [6, 6.07) is 13.5. The Morgan fingerprint density at radius 3 is 2.20 bits per heavy atom. The molecule has 0 atom stereocenters. The predicted octanol–water partition coefficient (Wildman–Crippen LogP) is 4.64. The summed E-state index contributed by atoms with van der Waals surface area (Å²) in [4.78, 5) is 24.1. The van der Waals surface area contributed by atoms with Crippen LogP contribution in [0.4, 0.5) is 14.5 Å². The lowest BCUT2D eigenvalue weighted by atomic mass is 10.1. The van der Waals surface area contributed by atoms with Gasteiger partial charge in [0.05, 0.1) is 5.69 Å². The second-order valence-corrected chi connectivity index (χ2v) is 6.13. The van der Waals surface area contributed by atoms with Crippen molar-refractivity contribution in [3.05, 3.63) is 76.7 Å². The van der Waals surface area contributed by atoms with Crippen LogP contribution in [0.15, 0.2) is 54.6 Å². The topological polar surface area (TPSA) is 66.4 Å². The normalized spacial score (nSPS) is 10.5. The third kappa shape index (κ3) is 3.41. The number of halogens is 2. The van der Waals surface area contributed by atoms with E-state index in [2.05, 4.69) is 5.32 Å². The second-order valence-electron chi connectivity index (χ2n) is 5.08. The monoisotopic (exact) mass is 359 g/mol. The third-order valence-electron chi connectivity index (χ3n) is 3.42. The maximum atomic E-state index is 13.7. The Balaban J connectivity index is 1.98. The number of nitrogens with one attached hydrogen (secondary N) is 1. The molecule has 3 aromatic rings. The molecule has 0 bridgehead atoms. The molecule has 2 aromatic carbocycles. The van der Waals surface area contributed by atoms with E-state index in [-0.39, 0.29) is 10.6 Å². The number of amides is 1. The van der Waals surface area contributed by atoms with Gasteiger partial charge in [0.2, 0.25) is 0 Å². The number of aromatic carboxylic acids is 1. The van der Waals surface area contributed by atoms with Crippen LogP contribution in [0.25, 0.3) is 10.4 Å². The van der Waals surface area contributed by atoms with Crippen molar-refractivity contribution < 1.29 is 23.5 Å². The van der Waals surface area contributed by atoms with Crippen molar-refractivity contribution in [2.45, 2.75) is 0 Å². The Bertz CT molecular complexity index is 934. The van der Waals surface area contributed by atoms with Gasteiger partial charge in [0.25, 0.3) is 5.91 Å². The Hall–Kier alpha value is -3.06. The molecule has 25 heavy (non-hydrogen) atoms. The van der Waals surface area contributed by atoms with Gasteiger partial charge in [-0.15, -0.1) is 11.3 Å². The molecular weight excluding hydrogens is 348 g/mol. The Kier molecular flexibility index (Phi) is 4.58. The molecule has 0 saturated carbocycles. The van der Waals surface area contributed by atoms with Gasteiger partial charge in [-0.2, -0.15) is 0 Å². The van der Waals surface area contributed by atoms with Gasteiger partial charge in [-0.3, -0.25) is 4.79 Å². The molecule has 3 rings (SSSR count). The molecule has 0 fully saturated rings. The Morgan fingerprint density at radius 1 is 0.960 bits per heavy atom. The van der Waals surface area contributed by atoms with Gasteiger partial charge in [-0.25, -0.2) is 13.6 Å². The maximum Gasteiger partial charge on any atom is 0.348 e. The van der Waals surface area contributed by atoms with E-state index in [1.165, 1.54) is 6.07 Å². The quantitative estimate of drug-likeness (QED) is 0.713. The van der Waals surface area contributed by atoms with Crippen molar-refractivity contribution >= 4 is 28.9 Å². The molecule has 0 radical (unpaired) electrons. The van der Waals surface area contributed by atoms with Gasteiger partial charge in [0.1, 0.15) is 22.1 Å². The largest absolute Gasteiger partial charge is 0.477 e. The SMILES string of the molecule is O=C(O)c1sc(-c2ccccc2)cc1NC(=O)c1c(F)cccc1F. The molecule has 0 saturated heterocycles. The zero-order valence-corrected chi connectivity index (χ0v) is 13.4. The first-order valence-electron chi connectivity index (χ1n) is 7.15. The molecule has 126 valence electrons. The Morgan fingerprint density at radius 2 is 1.60 bits per heavy atom. The standard InChI is InChI=1S/C18H11F2NO3S/c19-11-7-4-8-12(20)15(11)17(22)21-13-9-14(25-16(13)18(23)24)10-5-2-1-3-6-10/h1-9H,(H,21,22)(H,23,24). The molecule has 0 aliphatic carbocycles. The fourth-order valence-electron chi connectivity index (χ4n) is 2.29. The minimum Gasteiger partial charge on any atom is -0.477 e. The number of rotatable bonds is 4. The van der Waals surface area contributed by atoms with Gasteiger partial charge < -0.3 is 10.4 Å². The van der Waals surface area contributed by atoms with Crippen LogP contribution >= 0.6 is 11.3 Å². The highest BCUT2D eigenvalue weighted by atomic mass is 32.1. The molecule has 0 aliphatic rings. The van der Waals surface area contributed by atoms with E-state index in [0.29, 0.717) is 4.88 Å². The number of carbonyl (C=O) groups is 2. The van der Waals surface area contributed by atoms with Crippen molar-refractivity contribution in [2.75, 3.05) is 5.32 Å². The molecule has 1 aromatic heterocycles. The summed E-state index contributed by atoms with van der Waals surface area (Å²) in [5, 5.41) is 11.6. The fraction of sp³-hybridized carbons (Fsp3) is 0. The van der Waals surface area contributed by atoms with Gasteiger partial charge >= 0.3 is 5.97 Å². The van der Waals surface area contributed by atoms with E-state index in [0.717, 1.165) is 35.1 Å². The van der Waals surface area contributed by atoms with Crippen LogP contribution in [0, 0.1) is 11.6 Å². The van der Waals surface area contributed by atoms with E-state index in [1.807, 2.05) is 6.07 Å². The zero-order valence-electron chi connectivity index (χ0n) is 12.6. The van der Waals surface area contributed by atoms with Crippen LogP contribution in [0.3, 0.4) is 0 Å². The van der Waals surface area contributed by atoms with Crippen LogP contribution in [0.5, 0.6) is 0 Å². The van der Waals surface area contributed by atoms with E-state index >= 15 is 0 Å². The van der Waals surface area contributed by atoms with Crippen LogP contribution in [0.2, 0.25) is 0 Å². The first-order valence-corrected chi connectivity index (χ1v) is 7.97. The number of hydrogen-bond donors (Lipinski definition) is 2. The number of hydrogen-bond acceptors (Lipinski definition) is 3. The predicted molar refractivity (Wildman–Crippen MR) is 91.0 cm³/mol. The van der Waals surface area contributed by atoms with E-state index in [1.54, 1.807) is 24.3 Å². The molecular formula is C18H11F2NO3S. The third-order valence-corrected chi connectivity index (χ3v) is 4.59. The summed E-state index contributed by atoms with van der Waals surface area (Å²) in [6.45, 7) is 0. The number of benzene rings is 2. The van der Waals surface area contributed by atoms with Gasteiger partial charge in [-0.05, 0) is 23.8 Å². The molecule has 0 aliphatic heterocycles. The van der Waals surface area contributed by atoms with Crippen molar-refractivity contribution in [3.8, 4) is 10.4 Å².